The molecule has 152 valence electrons. The van der Waals surface area contributed by atoms with E-state index in [0.29, 0.717) is 6.54 Å². The second kappa shape index (κ2) is 8.35. The zero-order valence-corrected chi connectivity index (χ0v) is 17.5. The molecule has 0 radical (unpaired) electrons. The summed E-state index contributed by atoms with van der Waals surface area (Å²) in [5, 5.41) is 3.05. The first-order chi connectivity index (χ1) is 14.0. The van der Waals surface area contributed by atoms with Gasteiger partial charge in [0.1, 0.15) is 5.82 Å². The minimum absolute atomic E-state index is 0.0563. The van der Waals surface area contributed by atoms with Crippen molar-refractivity contribution in [1.82, 2.24) is 19.4 Å². The van der Waals surface area contributed by atoms with Gasteiger partial charge in [-0.3, -0.25) is 14.6 Å². The van der Waals surface area contributed by atoms with Crippen LogP contribution in [0.15, 0.2) is 42.5 Å². The lowest BCUT2D eigenvalue weighted by molar-refractivity contribution is -0.117. The van der Waals surface area contributed by atoms with Crippen molar-refractivity contribution in [2.24, 2.45) is 7.05 Å². The lowest BCUT2D eigenvalue weighted by Gasteiger charge is -2.34. The first kappa shape index (κ1) is 19.6. The largest absolute Gasteiger partial charge is 0.330 e. The molecule has 1 saturated heterocycles. The van der Waals surface area contributed by atoms with E-state index in [2.05, 4.69) is 57.9 Å². The van der Waals surface area contributed by atoms with Crippen LogP contribution in [-0.2, 0) is 18.4 Å². The molecule has 0 unspecified atom stereocenters. The number of aryl methyl sites for hydroxylation is 3. The predicted molar refractivity (Wildman–Crippen MR) is 117 cm³/mol. The molecule has 4 rings (SSSR count). The first-order valence-corrected chi connectivity index (χ1v) is 10.2. The molecule has 0 bridgehead atoms. The van der Waals surface area contributed by atoms with Crippen LogP contribution in [0.3, 0.4) is 0 Å². The third-order valence-corrected chi connectivity index (χ3v) is 5.73. The van der Waals surface area contributed by atoms with Gasteiger partial charge in [0.15, 0.2) is 0 Å². The quantitative estimate of drug-likeness (QED) is 0.727. The average molecular weight is 392 g/mol. The Morgan fingerprint density at radius 1 is 1.03 bits per heavy atom. The minimum atomic E-state index is 0.0563. The third-order valence-electron chi connectivity index (χ3n) is 5.73. The van der Waals surface area contributed by atoms with Crippen molar-refractivity contribution in [3.8, 4) is 0 Å². The number of nitrogens with one attached hydrogen (secondary N) is 1. The van der Waals surface area contributed by atoms with Crippen LogP contribution < -0.4 is 5.32 Å². The number of para-hydroxylation sites is 2. The van der Waals surface area contributed by atoms with Crippen molar-refractivity contribution >= 4 is 22.6 Å². The Bertz CT molecular complexity index is 1020. The second-order valence-electron chi connectivity index (χ2n) is 7.99. The van der Waals surface area contributed by atoms with E-state index in [9.17, 15) is 4.79 Å². The van der Waals surface area contributed by atoms with Crippen molar-refractivity contribution < 1.29 is 4.79 Å². The highest BCUT2D eigenvalue weighted by Gasteiger charge is 2.21. The number of nitrogens with zero attached hydrogens (tertiary/aromatic N) is 4. The van der Waals surface area contributed by atoms with Crippen LogP contribution >= 0.6 is 0 Å². The Kier molecular flexibility index (Phi) is 5.65. The number of hydrogen-bond donors (Lipinski definition) is 1. The highest BCUT2D eigenvalue weighted by Crippen LogP contribution is 2.17. The van der Waals surface area contributed by atoms with Crippen molar-refractivity contribution in [2.75, 3.05) is 38.0 Å². The second-order valence-corrected chi connectivity index (χ2v) is 7.99. The van der Waals surface area contributed by atoms with Gasteiger partial charge in [-0.2, -0.15) is 0 Å². The molecular weight excluding hydrogens is 362 g/mol. The molecule has 1 fully saturated rings. The maximum atomic E-state index is 12.5. The maximum absolute atomic E-state index is 12.5. The number of aromatic nitrogens is 2. The lowest BCUT2D eigenvalue weighted by Crippen LogP contribution is -2.48. The summed E-state index contributed by atoms with van der Waals surface area (Å²) in [4.78, 5) is 21.9. The molecule has 0 aliphatic carbocycles. The number of fused-ring (bicyclic) bond motifs is 1. The SMILES string of the molecule is Cc1ccc(NC(=O)CN2CCN(Cc3nc4ccccc4n3C)CC2)c(C)c1. The van der Waals surface area contributed by atoms with Crippen LogP contribution in [0, 0.1) is 13.8 Å². The summed E-state index contributed by atoms with van der Waals surface area (Å²) in [7, 11) is 2.08. The summed E-state index contributed by atoms with van der Waals surface area (Å²) < 4.78 is 2.18. The number of anilines is 1. The molecule has 0 spiro atoms. The molecule has 6 nitrogen and oxygen atoms in total. The van der Waals surface area contributed by atoms with E-state index in [4.69, 9.17) is 4.98 Å². The standard InChI is InChI=1S/C23H29N5O/c1-17-8-9-19(18(2)14-17)25-23(29)16-28-12-10-27(11-13-28)15-22-24-20-6-4-5-7-21(20)26(22)3/h4-9,14H,10-13,15-16H2,1-3H3,(H,25,29). The molecular formula is C23H29N5O. The summed E-state index contributed by atoms with van der Waals surface area (Å²) >= 11 is 0. The highest BCUT2D eigenvalue weighted by atomic mass is 16.2. The fourth-order valence-electron chi connectivity index (χ4n) is 3.99. The topological polar surface area (TPSA) is 53.4 Å². The van der Waals surface area contributed by atoms with Crippen LogP contribution in [-0.4, -0.2) is 58.0 Å². The van der Waals surface area contributed by atoms with Gasteiger partial charge in [0.25, 0.3) is 0 Å². The number of piperazine rings is 1. The number of benzene rings is 2. The molecule has 1 aliphatic heterocycles. The van der Waals surface area contributed by atoms with Gasteiger partial charge in [0, 0.05) is 38.9 Å². The van der Waals surface area contributed by atoms with E-state index in [1.807, 2.05) is 25.1 Å². The smallest absolute Gasteiger partial charge is 0.238 e. The molecule has 3 aromatic rings. The van der Waals surface area contributed by atoms with Crippen molar-refractivity contribution in [3.63, 3.8) is 0 Å². The van der Waals surface area contributed by atoms with Crippen LogP contribution in [0.1, 0.15) is 17.0 Å². The summed E-state index contributed by atoms with van der Waals surface area (Å²) in [6, 6.07) is 14.4. The summed E-state index contributed by atoms with van der Waals surface area (Å²) in [6.45, 7) is 9.05. The monoisotopic (exact) mass is 391 g/mol. The number of hydrogen-bond acceptors (Lipinski definition) is 4. The van der Waals surface area contributed by atoms with Crippen molar-refractivity contribution in [2.45, 2.75) is 20.4 Å². The minimum Gasteiger partial charge on any atom is -0.330 e. The lowest BCUT2D eigenvalue weighted by atomic mass is 10.1. The van der Waals surface area contributed by atoms with Crippen LogP contribution in [0.5, 0.6) is 0 Å². The Labute approximate surface area is 172 Å². The van der Waals surface area contributed by atoms with E-state index in [0.717, 1.165) is 55.3 Å². The van der Waals surface area contributed by atoms with E-state index in [-0.39, 0.29) is 5.91 Å². The molecule has 2 aromatic carbocycles. The number of carbonyl (C=O) groups is 1. The molecule has 1 N–H and O–H groups in total. The normalized spacial score (nSPS) is 15.7. The van der Waals surface area contributed by atoms with Gasteiger partial charge in [0.2, 0.25) is 5.91 Å². The molecule has 0 saturated carbocycles. The fourth-order valence-corrected chi connectivity index (χ4v) is 3.99. The van der Waals surface area contributed by atoms with Gasteiger partial charge in [0.05, 0.1) is 24.1 Å². The Morgan fingerprint density at radius 2 is 1.76 bits per heavy atom. The van der Waals surface area contributed by atoms with Crippen LogP contribution in [0.4, 0.5) is 5.69 Å². The molecule has 29 heavy (non-hydrogen) atoms. The summed E-state index contributed by atoms with van der Waals surface area (Å²) in [5.41, 5.74) is 5.43. The van der Waals surface area contributed by atoms with Crippen LogP contribution in [0.2, 0.25) is 0 Å². The maximum Gasteiger partial charge on any atom is 0.238 e. The average Bonchev–Trinajstić information content (AvgIpc) is 3.01. The van der Waals surface area contributed by atoms with Crippen molar-refractivity contribution in [1.29, 1.82) is 0 Å². The van der Waals surface area contributed by atoms with Gasteiger partial charge in [-0.1, -0.05) is 29.8 Å². The van der Waals surface area contributed by atoms with Crippen molar-refractivity contribution in [3.05, 3.63) is 59.4 Å². The number of imidazole rings is 1. The van der Waals surface area contributed by atoms with Gasteiger partial charge in [-0.05, 0) is 37.6 Å². The molecule has 6 heteroatoms. The Balaban J connectivity index is 1.29. The third kappa shape index (κ3) is 4.49. The summed E-state index contributed by atoms with van der Waals surface area (Å²) in [5.74, 6) is 1.15. The Morgan fingerprint density at radius 3 is 2.48 bits per heavy atom. The van der Waals surface area contributed by atoms with Crippen LogP contribution in [0.25, 0.3) is 11.0 Å². The molecule has 1 aromatic heterocycles. The highest BCUT2D eigenvalue weighted by molar-refractivity contribution is 5.93. The van der Waals surface area contributed by atoms with Gasteiger partial charge < -0.3 is 9.88 Å². The van der Waals surface area contributed by atoms with Gasteiger partial charge in [-0.25, -0.2) is 4.98 Å². The molecule has 2 heterocycles. The zero-order valence-electron chi connectivity index (χ0n) is 17.5. The van der Waals surface area contributed by atoms with E-state index in [1.54, 1.807) is 0 Å². The van der Waals surface area contributed by atoms with E-state index < -0.39 is 0 Å². The van der Waals surface area contributed by atoms with E-state index in [1.165, 1.54) is 11.1 Å². The number of amides is 1. The number of rotatable bonds is 5. The zero-order chi connectivity index (χ0) is 20.4. The Hall–Kier alpha value is -2.70. The molecule has 0 atom stereocenters. The molecule has 1 amide bonds. The summed E-state index contributed by atoms with van der Waals surface area (Å²) in [6.07, 6.45) is 0. The van der Waals surface area contributed by atoms with Gasteiger partial charge in [-0.15, -0.1) is 0 Å². The van der Waals surface area contributed by atoms with Gasteiger partial charge >= 0.3 is 0 Å². The first-order valence-electron chi connectivity index (χ1n) is 10.2. The number of carbonyl (C=O) groups excluding carboxylic acids is 1. The fraction of sp³-hybridized carbons (Fsp3) is 0.391. The predicted octanol–water partition coefficient (Wildman–Crippen LogP) is 2.95. The molecule has 1 aliphatic rings. The van der Waals surface area contributed by atoms with E-state index >= 15 is 0 Å².